The van der Waals surface area contributed by atoms with Gasteiger partial charge in [0.1, 0.15) is 22.9 Å². The predicted molar refractivity (Wildman–Crippen MR) is 82.1 cm³/mol. The molecule has 2 aromatic heterocycles. The van der Waals surface area contributed by atoms with Crippen molar-refractivity contribution >= 4 is 11.5 Å². The summed E-state index contributed by atoms with van der Waals surface area (Å²) in [4.78, 5) is 4.58. The molecule has 0 bridgehead atoms. The molecule has 3 rings (SSSR count). The van der Waals surface area contributed by atoms with E-state index in [1.807, 2.05) is 49.5 Å². The lowest BCUT2D eigenvalue weighted by molar-refractivity contribution is 0.282. The van der Waals surface area contributed by atoms with Crippen LogP contribution in [0.2, 0.25) is 0 Å². The number of fused-ring (bicyclic) bond motifs is 1. The van der Waals surface area contributed by atoms with Crippen LogP contribution in [0.5, 0.6) is 5.75 Å². The number of imidazole rings is 1. The molecule has 0 radical (unpaired) electrons. The quantitative estimate of drug-likeness (QED) is 0.771. The molecule has 108 valence electrons. The first-order valence-corrected chi connectivity index (χ1v) is 6.84. The summed E-state index contributed by atoms with van der Waals surface area (Å²) in [5, 5.41) is 9.22. The third-order valence-corrected chi connectivity index (χ3v) is 3.35. The Balaban J connectivity index is 2.19. The highest BCUT2D eigenvalue weighted by Crippen LogP contribution is 2.33. The third kappa shape index (κ3) is 2.32. The normalized spacial score (nSPS) is 11.0. The monoisotopic (exact) mass is 283 g/mol. The third-order valence-electron chi connectivity index (χ3n) is 3.35. The molecule has 0 saturated heterocycles. The summed E-state index contributed by atoms with van der Waals surface area (Å²) in [6, 6.07) is 11.3. The van der Waals surface area contributed by atoms with E-state index in [2.05, 4.69) is 4.98 Å². The predicted octanol–water partition coefficient (Wildman–Crippen LogP) is 2.47. The SMILES string of the molecule is CCOc1ccccc1-c1nc2cc(CO)ccn2c1N. The Hall–Kier alpha value is -2.53. The van der Waals surface area contributed by atoms with Crippen molar-refractivity contribution in [3.63, 3.8) is 0 Å². The standard InChI is InChI=1S/C16H17N3O2/c1-2-21-13-6-4-3-5-12(13)15-16(17)19-8-7-11(10-20)9-14(19)18-15/h3-9,20H,2,10,17H2,1H3. The smallest absolute Gasteiger partial charge is 0.139 e. The van der Waals surface area contributed by atoms with Gasteiger partial charge < -0.3 is 15.6 Å². The maximum absolute atomic E-state index is 9.22. The molecule has 3 N–H and O–H groups in total. The molecule has 0 aliphatic rings. The first-order chi connectivity index (χ1) is 10.2. The molecule has 21 heavy (non-hydrogen) atoms. The number of nitrogens with two attached hydrogens (primary N) is 1. The molecule has 0 fully saturated rings. The molecule has 2 heterocycles. The van der Waals surface area contributed by atoms with Crippen LogP contribution >= 0.6 is 0 Å². The van der Waals surface area contributed by atoms with E-state index in [9.17, 15) is 5.11 Å². The Labute approximate surface area is 122 Å². The maximum Gasteiger partial charge on any atom is 0.139 e. The number of aliphatic hydroxyl groups is 1. The number of aromatic nitrogens is 2. The van der Waals surface area contributed by atoms with Gasteiger partial charge in [0.15, 0.2) is 0 Å². The minimum Gasteiger partial charge on any atom is -0.493 e. The van der Waals surface area contributed by atoms with E-state index in [0.717, 1.165) is 16.9 Å². The lowest BCUT2D eigenvalue weighted by Crippen LogP contribution is -1.97. The van der Waals surface area contributed by atoms with Crippen molar-refractivity contribution in [2.24, 2.45) is 0 Å². The van der Waals surface area contributed by atoms with Crippen LogP contribution in [0.1, 0.15) is 12.5 Å². The van der Waals surface area contributed by atoms with E-state index in [-0.39, 0.29) is 6.61 Å². The highest BCUT2D eigenvalue weighted by molar-refractivity contribution is 5.79. The molecular weight excluding hydrogens is 266 g/mol. The lowest BCUT2D eigenvalue weighted by Gasteiger charge is -2.08. The summed E-state index contributed by atoms with van der Waals surface area (Å²) in [5.41, 5.74) is 9.28. The lowest BCUT2D eigenvalue weighted by atomic mass is 10.1. The van der Waals surface area contributed by atoms with Crippen molar-refractivity contribution < 1.29 is 9.84 Å². The molecule has 0 aliphatic carbocycles. The molecule has 5 nitrogen and oxygen atoms in total. The summed E-state index contributed by atoms with van der Waals surface area (Å²) < 4.78 is 7.45. The van der Waals surface area contributed by atoms with Gasteiger partial charge in [-0.05, 0) is 36.8 Å². The number of rotatable bonds is 4. The van der Waals surface area contributed by atoms with Gasteiger partial charge in [-0.2, -0.15) is 0 Å². The van der Waals surface area contributed by atoms with Gasteiger partial charge in [-0.1, -0.05) is 12.1 Å². The van der Waals surface area contributed by atoms with Crippen LogP contribution in [-0.2, 0) is 6.61 Å². The van der Waals surface area contributed by atoms with Crippen molar-refractivity contribution in [3.8, 4) is 17.0 Å². The molecule has 0 aliphatic heterocycles. The number of hydrogen-bond acceptors (Lipinski definition) is 4. The Bertz CT molecular complexity index is 780. The van der Waals surface area contributed by atoms with Crippen molar-refractivity contribution in [3.05, 3.63) is 48.2 Å². The molecule has 0 amide bonds. The van der Waals surface area contributed by atoms with Gasteiger partial charge in [0, 0.05) is 11.8 Å². The van der Waals surface area contributed by atoms with Crippen molar-refractivity contribution in [1.82, 2.24) is 9.38 Å². The molecule has 0 saturated carbocycles. The minimum atomic E-state index is -0.0197. The Morgan fingerprint density at radius 3 is 2.86 bits per heavy atom. The fourth-order valence-electron chi connectivity index (χ4n) is 2.35. The molecule has 0 unspecified atom stereocenters. The van der Waals surface area contributed by atoms with E-state index in [1.165, 1.54) is 0 Å². The molecular formula is C16H17N3O2. The molecule has 5 heteroatoms. The largest absolute Gasteiger partial charge is 0.493 e. The van der Waals surface area contributed by atoms with Gasteiger partial charge in [-0.15, -0.1) is 0 Å². The molecule has 0 atom stereocenters. The van der Waals surface area contributed by atoms with E-state index in [1.54, 1.807) is 4.40 Å². The zero-order chi connectivity index (χ0) is 14.8. The van der Waals surface area contributed by atoms with Crippen LogP contribution in [-0.4, -0.2) is 21.1 Å². The number of hydrogen-bond donors (Lipinski definition) is 2. The summed E-state index contributed by atoms with van der Waals surface area (Å²) in [7, 11) is 0. The number of pyridine rings is 1. The minimum absolute atomic E-state index is 0.0197. The van der Waals surface area contributed by atoms with Gasteiger partial charge in [-0.25, -0.2) is 4.98 Å². The number of aliphatic hydroxyl groups excluding tert-OH is 1. The first-order valence-electron chi connectivity index (χ1n) is 6.84. The average Bonchev–Trinajstić information content (AvgIpc) is 2.84. The fraction of sp³-hybridized carbons (Fsp3) is 0.188. The number of ether oxygens (including phenoxy) is 1. The first kappa shape index (κ1) is 13.5. The van der Waals surface area contributed by atoms with Gasteiger partial charge >= 0.3 is 0 Å². The molecule has 1 aromatic carbocycles. The van der Waals surface area contributed by atoms with Crippen LogP contribution in [0.4, 0.5) is 5.82 Å². The number of nitrogen functional groups attached to an aromatic ring is 1. The van der Waals surface area contributed by atoms with Crippen molar-refractivity contribution in [1.29, 1.82) is 0 Å². The van der Waals surface area contributed by atoms with Crippen molar-refractivity contribution in [2.45, 2.75) is 13.5 Å². The van der Waals surface area contributed by atoms with Gasteiger partial charge in [0.05, 0.1) is 13.2 Å². The van der Waals surface area contributed by atoms with Crippen LogP contribution < -0.4 is 10.5 Å². The van der Waals surface area contributed by atoms with E-state index < -0.39 is 0 Å². The Kier molecular flexibility index (Phi) is 3.50. The van der Waals surface area contributed by atoms with Crippen molar-refractivity contribution in [2.75, 3.05) is 12.3 Å². The summed E-state index contributed by atoms with van der Waals surface area (Å²) in [6.07, 6.45) is 1.82. The second-order valence-electron chi connectivity index (χ2n) is 4.70. The number of nitrogens with zero attached hydrogens (tertiary/aromatic N) is 2. The maximum atomic E-state index is 9.22. The highest BCUT2D eigenvalue weighted by atomic mass is 16.5. The molecule has 3 aromatic rings. The van der Waals surface area contributed by atoms with Gasteiger partial charge in [0.25, 0.3) is 0 Å². The van der Waals surface area contributed by atoms with E-state index in [4.69, 9.17) is 10.5 Å². The summed E-state index contributed by atoms with van der Waals surface area (Å²) in [6.45, 7) is 2.50. The van der Waals surface area contributed by atoms with Crippen LogP contribution in [0.25, 0.3) is 16.9 Å². The van der Waals surface area contributed by atoms with E-state index >= 15 is 0 Å². The van der Waals surface area contributed by atoms with Gasteiger partial charge in [0.2, 0.25) is 0 Å². The zero-order valence-electron chi connectivity index (χ0n) is 11.8. The average molecular weight is 283 g/mol. The second kappa shape index (κ2) is 5.46. The second-order valence-corrected chi connectivity index (χ2v) is 4.70. The summed E-state index contributed by atoms with van der Waals surface area (Å²) in [5.74, 6) is 1.32. The highest BCUT2D eigenvalue weighted by Gasteiger charge is 2.15. The topological polar surface area (TPSA) is 72.8 Å². The van der Waals surface area contributed by atoms with E-state index in [0.29, 0.717) is 23.8 Å². The van der Waals surface area contributed by atoms with Crippen LogP contribution in [0.3, 0.4) is 0 Å². The Morgan fingerprint density at radius 2 is 2.10 bits per heavy atom. The summed E-state index contributed by atoms with van der Waals surface area (Å²) >= 11 is 0. The van der Waals surface area contributed by atoms with Crippen LogP contribution in [0.15, 0.2) is 42.6 Å². The van der Waals surface area contributed by atoms with Crippen LogP contribution in [0, 0.1) is 0 Å². The Morgan fingerprint density at radius 1 is 1.29 bits per heavy atom. The number of benzene rings is 1. The number of anilines is 1. The molecule has 0 spiro atoms. The number of para-hydroxylation sites is 1. The fourth-order valence-corrected chi connectivity index (χ4v) is 2.35. The van der Waals surface area contributed by atoms with Gasteiger partial charge in [-0.3, -0.25) is 4.40 Å². The zero-order valence-corrected chi connectivity index (χ0v) is 11.8.